The number of oxazole rings is 1. The molecule has 45 heavy (non-hydrogen) atoms. The fourth-order valence-corrected chi connectivity index (χ4v) is 5.90. The van der Waals surface area contributed by atoms with E-state index in [4.69, 9.17) is 19.4 Å². The first-order valence-corrected chi connectivity index (χ1v) is 15.3. The Kier molecular flexibility index (Phi) is 6.93. The maximum atomic E-state index is 6.34. The molecular formula is C41H29N3O. The van der Waals surface area contributed by atoms with Crippen molar-refractivity contribution >= 4 is 11.6 Å². The molecule has 0 saturated heterocycles. The predicted molar refractivity (Wildman–Crippen MR) is 181 cm³/mol. The van der Waals surface area contributed by atoms with Crippen molar-refractivity contribution in [1.29, 1.82) is 0 Å². The van der Waals surface area contributed by atoms with Crippen LogP contribution in [0.3, 0.4) is 0 Å². The molecule has 0 atom stereocenters. The molecule has 214 valence electrons. The third-order valence-electron chi connectivity index (χ3n) is 8.26. The van der Waals surface area contributed by atoms with Crippen molar-refractivity contribution in [3.05, 3.63) is 162 Å². The van der Waals surface area contributed by atoms with Gasteiger partial charge in [0.05, 0.1) is 11.4 Å². The van der Waals surface area contributed by atoms with E-state index in [-0.39, 0.29) is 0 Å². The van der Waals surface area contributed by atoms with Crippen LogP contribution >= 0.6 is 0 Å². The van der Waals surface area contributed by atoms with Crippen molar-refractivity contribution in [1.82, 2.24) is 15.0 Å². The summed E-state index contributed by atoms with van der Waals surface area (Å²) in [4.78, 5) is 14.9. The Hall–Kier alpha value is -5.87. The number of fused-ring (bicyclic) bond motifs is 1. The topological polar surface area (TPSA) is 51.8 Å². The van der Waals surface area contributed by atoms with Gasteiger partial charge in [0.15, 0.2) is 11.2 Å². The van der Waals surface area contributed by atoms with E-state index >= 15 is 0 Å². The molecule has 1 aliphatic carbocycles. The van der Waals surface area contributed by atoms with E-state index in [1.807, 2.05) is 54.6 Å². The summed E-state index contributed by atoms with van der Waals surface area (Å²) < 4.78 is 6.34. The highest BCUT2D eigenvalue weighted by Crippen LogP contribution is 2.30. The number of aromatic nitrogens is 3. The van der Waals surface area contributed by atoms with E-state index in [0.717, 1.165) is 62.8 Å². The van der Waals surface area contributed by atoms with E-state index in [9.17, 15) is 0 Å². The molecule has 0 N–H and O–H groups in total. The van der Waals surface area contributed by atoms with E-state index < -0.39 is 0 Å². The van der Waals surface area contributed by atoms with Gasteiger partial charge < -0.3 is 4.42 Å². The summed E-state index contributed by atoms with van der Waals surface area (Å²) in [6, 6.07) is 50.0. The van der Waals surface area contributed by atoms with E-state index in [1.54, 1.807) is 0 Å². The molecule has 0 bridgehead atoms. The molecule has 4 heteroatoms. The van der Waals surface area contributed by atoms with Gasteiger partial charge in [0.1, 0.15) is 5.35 Å². The highest BCUT2D eigenvalue weighted by molar-refractivity contribution is 5.75. The zero-order chi connectivity index (χ0) is 30.0. The molecule has 1 aliphatic rings. The van der Waals surface area contributed by atoms with Crippen LogP contribution in [-0.4, -0.2) is 15.0 Å². The molecule has 8 rings (SSSR count). The molecule has 0 radical (unpaired) electrons. The number of rotatable bonds is 6. The fourth-order valence-electron chi connectivity index (χ4n) is 5.90. The molecule has 4 nitrogen and oxygen atoms in total. The Labute approximate surface area is 261 Å². The third kappa shape index (κ3) is 5.39. The normalized spacial score (nSPS) is 12.4. The van der Waals surface area contributed by atoms with Crippen molar-refractivity contribution in [2.45, 2.75) is 12.8 Å². The number of hydrogen-bond acceptors (Lipinski definition) is 4. The van der Waals surface area contributed by atoms with E-state index in [0.29, 0.717) is 11.7 Å². The highest BCUT2D eigenvalue weighted by atomic mass is 16.3. The molecule has 2 aromatic heterocycles. The molecule has 0 amide bonds. The van der Waals surface area contributed by atoms with Crippen molar-refractivity contribution in [2.24, 2.45) is 0 Å². The second-order valence-electron chi connectivity index (χ2n) is 11.2. The average molecular weight is 580 g/mol. The lowest BCUT2D eigenvalue weighted by Crippen LogP contribution is -2.27. The minimum atomic E-state index is 0.656. The summed E-state index contributed by atoms with van der Waals surface area (Å²) in [5, 5.41) is 0.918. The van der Waals surface area contributed by atoms with Crippen LogP contribution in [0.25, 0.3) is 68.1 Å². The highest BCUT2D eigenvalue weighted by Gasteiger charge is 2.16. The maximum absolute atomic E-state index is 6.34. The quantitative estimate of drug-likeness (QED) is 0.198. The number of hydrogen-bond donors (Lipinski definition) is 0. The van der Waals surface area contributed by atoms with Gasteiger partial charge in [-0.15, -0.1) is 0 Å². The minimum Gasteiger partial charge on any atom is -0.436 e. The van der Waals surface area contributed by atoms with Crippen LogP contribution in [0.5, 0.6) is 0 Å². The Morgan fingerprint density at radius 2 is 0.933 bits per heavy atom. The lowest BCUT2D eigenvalue weighted by atomic mass is 9.97. The van der Waals surface area contributed by atoms with Crippen LogP contribution < -0.4 is 10.8 Å². The van der Waals surface area contributed by atoms with Gasteiger partial charge in [-0.3, -0.25) is 0 Å². The summed E-state index contributed by atoms with van der Waals surface area (Å²) in [7, 11) is 0. The van der Waals surface area contributed by atoms with Gasteiger partial charge in [0.2, 0.25) is 5.89 Å². The Morgan fingerprint density at radius 3 is 1.58 bits per heavy atom. The summed E-state index contributed by atoms with van der Waals surface area (Å²) in [6.45, 7) is 0. The first-order valence-electron chi connectivity index (χ1n) is 15.3. The first-order chi connectivity index (χ1) is 22.3. The van der Waals surface area contributed by atoms with Gasteiger partial charge in [-0.05, 0) is 47.7 Å². The average Bonchev–Trinajstić information content (AvgIpc) is 3.58. The van der Waals surface area contributed by atoms with Gasteiger partial charge in [0.25, 0.3) is 0 Å². The Bertz CT molecular complexity index is 2220. The third-order valence-corrected chi connectivity index (χ3v) is 8.26. The molecule has 7 aromatic rings. The SMILES string of the molecule is C1=c2nc(-c3ccccc3)oc2=C(c2ccc(-c3nc(-c4ccccc4)cc(-c4ccc(-c5ccccc5)cc4)n3)cc2)CC1. The summed E-state index contributed by atoms with van der Waals surface area (Å²) in [5.41, 5.74) is 11.4. The lowest BCUT2D eigenvalue weighted by Gasteiger charge is -2.11. The van der Waals surface area contributed by atoms with Crippen LogP contribution in [0.2, 0.25) is 0 Å². The second-order valence-corrected chi connectivity index (χ2v) is 11.2. The minimum absolute atomic E-state index is 0.656. The van der Waals surface area contributed by atoms with E-state index in [1.165, 1.54) is 16.7 Å². The Morgan fingerprint density at radius 1 is 0.444 bits per heavy atom. The smallest absolute Gasteiger partial charge is 0.227 e. The van der Waals surface area contributed by atoms with Crippen LogP contribution in [-0.2, 0) is 0 Å². The molecule has 0 saturated carbocycles. The van der Waals surface area contributed by atoms with Crippen molar-refractivity contribution in [3.63, 3.8) is 0 Å². The first kappa shape index (κ1) is 26.7. The van der Waals surface area contributed by atoms with Crippen molar-refractivity contribution in [2.75, 3.05) is 0 Å². The zero-order valence-electron chi connectivity index (χ0n) is 24.6. The molecule has 2 heterocycles. The summed E-state index contributed by atoms with van der Waals surface area (Å²) >= 11 is 0. The van der Waals surface area contributed by atoms with Gasteiger partial charge in [0, 0.05) is 27.8 Å². The fraction of sp³-hybridized carbons (Fsp3) is 0.0488. The van der Waals surface area contributed by atoms with E-state index in [2.05, 4.69) is 97.1 Å². The summed E-state index contributed by atoms with van der Waals surface area (Å²) in [6.07, 6.45) is 4.00. The molecule has 0 fully saturated rings. The van der Waals surface area contributed by atoms with Gasteiger partial charge in [-0.2, -0.15) is 0 Å². The molecule has 0 aliphatic heterocycles. The lowest BCUT2D eigenvalue weighted by molar-refractivity contribution is 0.535. The maximum Gasteiger partial charge on any atom is 0.227 e. The molecule has 0 spiro atoms. The van der Waals surface area contributed by atoms with Crippen LogP contribution in [0.15, 0.2) is 150 Å². The van der Waals surface area contributed by atoms with Crippen LogP contribution in [0.1, 0.15) is 18.4 Å². The second kappa shape index (κ2) is 11.7. The zero-order valence-corrected chi connectivity index (χ0v) is 24.6. The van der Waals surface area contributed by atoms with Gasteiger partial charge in [-0.1, -0.05) is 133 Å². The summed E-state index contributed by atoms with van der Waals surface area (Å²) in [5.74, 6) is 1.35. The molecular weight excluding hydrogens is 550 g/mol. The standard InChI is InChI=1S/C41H29N3O/c1-4-11-28(12-5-1)29-19-23-32(24-20-29)38-27-37(31-13-6-2-7-14-31)42-40(43-38)33-25-21-30(22-26-33)35-17-10-18-36-39(35)45-41(44-36)34-15-8-3-9-16-34/h1-9,11-16,18-27H,10,17H2. The van der Waals surface area contributed by atoms with Gasteiger partial charge in [-0.25, -0.2) is 15.0 Å². The Balaban J connectivity index is 1.18. The van der Waals surface area contributed by atoms with Gasteiger partial charge >= 0.3 is 0 Å². The largest absolute Gasteiger partial charge is 0.436 e. The monoisotopic (exact) mass is 579 g/mol. The predicted octanol–water partition coefficient (Wildman–Crippen LogP) is 8.57. The van der Waals surface area contributed by atoms with Crippen LogP contribution in [0.4, 0.5) is 0 Å². The number of nitrogens with zero attached hydrogens (tertiary/aromatic N) is 3. The van der Waals surface area contributed by atoms with Crippen molar-refractivity contribution < 1.29 is 4.42 Å². The number of benzene rings is 5. The van der Waals surface area contributed by atoms with Crippen molar-refractivity contribution in [3.8, 4) is 56.5 Å². The van der Waals surface area contributed by atoms with Crippen LogP contribution in [0, 0.1) is 0 Å². The molecule has 0 unspecified atom stereocenters. The molecule has 5 aromatic carbocycles.